The van der Waals surface area contributed by atoms with Gasteiger partial charge in [-0.25, -0.2) is 10.2 Å². The third-order valence-corrected chi connectivity index (χ3v) is 6.76. The molecule has 2 atom stereocenters. The Morgan fingerprint density at radius 3 is 2.55 bits per heavy atom. The van der Waals surface area contributed by atoms with Crippen LogP contribution in [0.4, 0.5) is 4.79 Å². The molecule has 2 heterocycles. The van der Waals surface area contributed by atoms with Gasteiger partial charge >= 0.3 is 6.03 Å². The van der Waals surface area contributed by atoms with Gasteiger partial charge in [-0.3, -0.25) is 4.79 Å². The number of carbonyl (C=O) groups is 2. The van der Waals surface area contributed by atoms with Gasteiger partial charge in [0.15, 0.2) is 0 Å². The second-order valence-corrected chi connectivity index (χ2v) is 9.63. The minimum Gasteiger partial charge on any atom is -0.330 e. The third-order valence-electron chi connectivity index (χ3n) is 6.76. The van der Waals surface area contributed by atoms with E-state index < -0.39 is 5.54 Å². The average molecular weight is 427 g/mol. The molecule has 3 aliphatic rings. The van der Waals surface area contributed by atoms with Crippen molar-refractivity contribution < 1.29 is 9.59 Å². The molecule has 3 amide bonds. The Kier molecular flexibility index (Phi) is 5.94. The summed E-state index contributed by atoms with van der Waals surface area (Å²) < 4.78 is 0. The first-order valence-electron chi connectivity index (χ1n) is 11.1. The maximum absolute atomic E-state index is 13.4. The van der Waals surface area contributed by atoms with Crippen LogP contribution in [0, 0.1) is 5.92 Å². The molecular weight excluding hydrogens is 392 g/mol. The van der Waals surface area contributed by atoms with Gasteiger partial charge < -0.3 is 25.9 Å². The molecule has 0 bridgehead atoms. The maximum Gasteiger partial charge on any atom is 0.318 e. The fraction of sp³-hybridized carbons (Fsp3) is 0.565. The summed E-state index contributed by atoms with van der Waals surface area (Å²) in [5.41, 5.74) is 8.06. The Morgan fingerprint density at radius 1 is 1.23 bits per heavy atom. The van der Waals surface area contributed by atoms with Crippen LogP contribution < -0.4 is 21.5 Å². The molecule has 4 rings (SSSR count). The smallest absolute Gasteiger partial charge is 0.318 e. The molecule has 0 spiro atoms. The topological polar surface area (TPSA) is 88.7 Å². The van der Waals surface area contributed by atoms with Crippen LogP contribution in [-0.2, 0) is 4.79 Å². The Bertz CT molecular complexity index is 862. The number of nitrogens with zero attached hydrogens (tertiary/aromatic N) is 2. The molecule has 0 aromatic heterocycles. The van der Waals surface area contributed by atoms with Gasteiger partial charge in [-0.05, 0) is 46.3 Å². The van der Waals surface area contributed by atoms with Gasteiger partial charge in [-0.15, -0.1) is 0 Å². The highest BCUT2D eigenvalue weighted by molar-refractivity contribution is 5.82. The highest BCUT2D eigenvalue weighted by Crippen LogP contribution is 2.36. The predicted octanol–water partition coefficient (Wildman–Crippen LogP) is 1.70. The number of likely N-dealkylation sites (N-methyl/N-ethyl adjacent to an activating group) is 1. The Hall–Kier alpha value is -2.58. The van der Waals surface area contributed by atoms with Crippen molar-refractivity contribution in [3.63, 3.8) is 0 Å². The molecule has 0 radical (unpaired) electrons. The van der Waals surface area contributed by atoms with Crippen molar-refractivity contribution in [1.82, 2.24) is 31.3 Å². The summed E-state index contributed by atoms with van der Waals surface area (Å²) >= 11 is 0. The van der Waals surface area contributed by atoms with Gasteiger partial charge in [0, 0.05) is 24.6 Å². The van der Waals surface area contributed by atoms with Crippen LogP contribution in [0.5, 0.6) is 0 Å². The Labute approximate surface area is 184 Å². The Morgan fingerprint density at radius 2 is 1.94 bits per heavy atom. The van der Waals surface area contributed by atoms with Gasteiger partial charge in [0.05, 0.1) is 17.6 Å². The van der Waals surface area contributed by atoms with Crippen LogP contribution in [-0.4, -0.2) is 60.5 Å². The van der Waals surface area contributed by atoms with E-state index in [0.29, 0.717) is 18.9 Å². The molecule has 168 valence electrons. The zero-order valence-corrected chi connectivity index (χ0v) is 18.9. The molecule has 8 nitrogen and oxygen atoms in total. The summed E-state index contributed by atoms with van der Waals surface area (Å²) in [5, 5.41) is 6.28. The number of benzene rings is 1. The number of urea groups is 1. The minimum atomic E-state index is -0.450. The molecule has 1 unspecified atom stereocenters. The molecule has 1 aromatic rings. The van der Waals surface area contributed by atoms with Crippen molar-refractivity contribution in [3.05, 3.63) is 47.3 Å². The van der Waals surface area contributed by atoms with Crippen molar-refractivity contribution in [2.45, 2.75) is 50.7 Å². The molecule has 1 aliphatic carbocycles. The van der Waals surface area contributed by atoms with E-state index in [2.05, 4.69) is 40.2 Å². The van der Waals surface area contributed by atoms with Gasteiger partial charge in [0.25, 0.3) is 0 Å². The molecule has 8 heteroatoms. The second kappa shape index (κ2) is 8.51. The molecule has 4 N–H and O–H groups in total. The zero-order valence-electron chi connectivity index (χ0n) is 18.9. The average Bonchev–Trinajstić information content (AvgIpc) is 3.18. The third kappa shape index (κ3) is 4.27. The molecule has 2 aliphatic heterocycles. The zero-order chi connectivity index (χ0) is 22.2. The predicted molar refractivity (Wildman–Crippen MR) is 120 cm³/mol. The number of amides is 3. The van der Waals surface area contributed by atoms with Crippen LogP contribution in [0.15, 0.2) is 41.7 Å². The van der Waals surface area contributed by atoms with Crippen LogP contribution in [0.1, 0.15) is 44.7 Å². The van der Waals surface area contributed by atoms with Gasteiger partial charge in [0.1, 0.15) is 5.82 Å². The lowest BCUT2D eigenvalue weighted by Gasteiger charge is -2.36. The van der Waals surface area contributed by atoms with Crippen LogP contribution >= 0.6 is 0 Å². The van der Waals surface area contributed by atoms with E-state index >= 15 is 0 Å². The van der Waals surface area contributed by atoms with E-state index in [4.69, 9.17) is 0 Å². The van der Waals surface area contributed by atoms with E-state index in [1.165, 1.54) is 0 Å². The Balaban J connectivity index is 1.50. The van der Waals surface area contributed by atoms with Crippen molar-refractivity contribution in [1.29, 1.82) is 0 Å². The second-order valence-electron chi connectivity index (χ2n) is 9.63. The van der Waals surface area contributed by atoms with Gasteiger partial charge in [-0.2, -0.15) is 0 Å². The molecule has 2 fully saturated rings. The number of likely N-dealkylation sites (tertiary alicyclic amines) is 1. The first kappa shape index (κ1) is 21.6. The largest absolute Gasteiger partial charge is 0.330 e. The van der Waals surface area contributed by atoms with Crippen LogP contribution in [0.25, 0.3) is 0 Å². The highest BCUT2D eigenvalue weighted by Gasteiger charge is 2.51. The number of hydrogen-bond donors (Lipinski definition) is 4. The fourth-order valence-electron chi connectivity index (χ4n) is 4.61. The van der Waals surface area contributed by atoms with Crippen LogP contribution in [0.2, 0.25) is 0 Å². The normalized spacial score (nSPS) is 23.3. The van der Waals surface area contributed by atoms with Crippen molar-refractivity contribution >= 4 is 11.9 Å². The van der Waals surface area contributed by atoms with Gasteiger partial charge in [0.2, 0.25) is 5.91 Å². The number of hydrazine groups is 1. The maximum atomic E-state index is 13.4. The highest BCUT2D eigenvalue weighted by atomic mass is 16.2. The van der Waals surface area contributed by atoms with E-state index in [1.54, 1.807) is 0 Å². The van der Waals surface area contributed by atoms with E-state index in [-0.39, 0.29) is 29.9 Å². The summed E-state index contributed by atoms with van der Waals surface area (Å²) in [6.07, 6.45) is 3.03. The summed E-state index contributed by atoms with van der Waals surface area (Å²) in [6, 6.07) is 9.78. The molecule has 1 saturated heterocycles. The number of hydrogen-bond acceptors (Lipinski definition) is 5. The molecular formula is C23H34N6O2. The first-order chi connectivity index (χ1) is 14.8. The fourth-order valence-corrected chi connectivity index (χ4v) is 4.61. The van der Waals surface area contributed by atoms with E-state index in [0.717, 1.165) is 30.4 Å². The lowest BCUT2D eigenvalue weighted by Crippen LogP contribution is -2.57. The number of rotatable bonds is 6. The molecule has 31 heavy (non-hydrogen) atoms. The number of carbonyl (C=O) groups excluding carboxylic acids is 2. The van der Waals surface area contributed by atoms with Crippen molar-refractivity contribution in [2.75, 3.05) is 27.2 Å². The summed E-state index contributed by atoms with van der Waals surface area (Å²) in [7, 11) is 4.01. The standard InChI is InChI=1S/C23H34N6O2/c1-23(2)19-17(20(27-26-19)25-21(30)16-11-8-12-16)13-29(23)22(31)24-18(14-28(3)4)15-9-6-5-7-10-15/h5-7,9-10,16,18-19,26-27H,8,11-14H2,1-4H3,(H,24,31)(H,25,30)/t18-,19?/m1/s1. The molecule has 1 saturated carbocycles. The van der Waals surface area contributed by atoms with Crippen LogP contribution in [0.3, 0.4) is 0 Å². The summed E-state index contributed by atoms with van der Waals surface area (Å²) in [6.45, 7) is 5.28. The minimum absolute atomic E-state index is 0.0565. The quantitative estimate of drug-likeness (QED) is 0.556. The molecule has 1 aromatic carbocycles. The van der Waals surface area contributed by atoms with Crippen molar-refractivity contribution in [3.8, 4) is 0 Å². The van der Waals surface area contributed by atoms with Crippen molar-refractivity contribution in [2.24, 2.45) is 5.92 Å². The summed E-state index contributed by atoms with van der Waals surface area (Å²) in [4.78, 5) is 29.8. The number of fused-ring (bicyclic) bond motifs is 1. The SMILES string of the molecule is CN(C)C[C@@H](NC(=O)N1CC2=C(NC(=O)C3CCC3)NNC2C1(C)C)c1ccccc1. The monoisotopic (exact) mass is 426 g/mol. The van der Waals surface area contributed by atoms with E-state index in [9.17, 15) is 9.59 Å². The first-order valence-corrected chi connectivity index (χ1v) is 11.1. The van der Waals surface area contributed by atoms with Gasteiger partial charge in [-0.1, -0.05) is 36.8 Å². The number of nitrogens with one attached hydrogen (secondary N) is 4. The van der Waals surface area contributed by atoms with E-state index in [1.807, 2.05) is 49.3 Å². The lowest BCUT2D eigenvalue weighted by molar-refractivity contribution is -0.126. The summed E-state index contributed by atoms with van der Waals surface area (Å²) in [5.74, 6) is 0.887. The lowest BCUT2D eigenvalue weighted by atomic mass is 9.85.